The van der Waals surface area contributed by atoms with E-state index in [2.05, 4.69) is 0 Å². The van der Waals surface area contributed by atoms with Gasteiger partial charge in [0.25, 0.3) is 0 Å². The highest BCUT2D eigenvalue weighted by Gasteiger charge is 2.87. The smallest absolute Gasteiger partial charge is 0.372 e. The van der Waals surface area contributed by atoms with E-state index in [1.807, 2.05) is 0 Å². The standard InChI is InChI=1S/C10H10O4S/c11-7-9-3-15-4-10(9,8(12)14-7)6-2-1-5(9)13-6/h5-6H,1-4H2/p+1. The van der Waals surface area contributed by atoms with Gasteiger partial charge >= 0.3 is 11.9 Å². The summed E-state index contributed by atoms with van der Waals surface area (Å²) in [6, 6.07) is 0. The molecule has 0 aromatic rings. The average molecular weight is 227 g/mol. The van der Waals surface area contributed by atoms with Crippen LogP contribution in [0.4, 0.5) is 0 Å². The van der Waals surface area contributed by atoms with Gasteiger partial charge in [0.05, 0.1) is 12.2 Å². The first-order valence-corrected chi connectivity index (χ1v) is 6.39. The van der Waals surface area contributed by atoms with E-state index >= 15 is 0 Å². The van der Waals surface area contributed by atoms with Crippen LogP contribution in [0, 0.1) is 10.8 Å². The Morgan fingerprint density at radius 2 is 1.93 bits per heavy atom. The first-order chi connectivity index (χ1) is 7.22. The minimum absolute atomic E-state index is 0.0102. The molecule has 15 heavy (non-hydrogen) atoms. The molecule has 4 saturated heterocycles. The highest BCUT2D eigenvalue weighted by atomic mass is 32.2. The molecule has 0 radical (unpaired) electrons. The van der Waals surface area contributed by atoms with Crippen molar-refractivity contribution in [2.24, 2.45) is 10.8 Å². The first-order valence-electron chi connectivity index (χ1n) is 5.24. The predicted octanol–water partition coefficient (Wildman–Crippen LogP) is 0.326. The summed E-state index contributed by atoms with van der Waals surface area (Å²) in [5.41, 5.74) is -1.08. The van der Waals surface area contributed by atoms with Crippen molar-refractivity contribution >= 4 is 23.7 Å². The number of carbonyl (C=O) groups excluding carboxylic acids is 2. The number of rotatable bonds is 0. The Hall–Kier alpha value is -0.550. The number of ether oxygens (including phenoxy) is 2. The van der Waals surface area contributed by atoms with Gasteiger partial charge in [0.2, 0.25) is 0 Å². The number of hydrogen-bond acceptors (Lipinski definition) is 4. The minimum atomic E-state index is -0.565. The van der Waals surface area contributed by atoms with Crippen LogP contribution in [0.25, 0.3) is 0 Å². The third kappa shape index (κ3) is 0.617. The second-order valence-corrected chi connectivity index (χ2v) is 5.81. The molecular formula is C10H11O4S+. The molecule has 5 heteroatoms. The van der Waals surface area contributed by atoms with Crippen LogP contribution < -0.4 is 0 Å². The Bertz CT molecular complexity index is 361. The van der Waals surface area contributed by atoms with Gasteiger partial charge in [0.1, 0.15) is 0 Å². The fraction of sp³-hybridized carbons (Fsp3) is 0.800. The molecule has 0 saturated carbocycles. The molecule has 4 nitrogen and oxygen atoms in total. The lowest BCUT2D eigenvalue weighted by molar-refractivity contribution is -0.145. The molecule has 4 unspecified atom stereocenters. The molecule has 2 bridgehead atoms. The number of hydrogen-bond donors (Lipinski definition) is 0. The Morgan fingerprint density at radius 1 is 1.27 bits per heavy atom. The van der Waals surface area contributed by atoms with E-state index < -0.39 is 10.8 Å². The van der Waals surface area contributed by atoms with E-state index in [1.165, 1.54) is 0 Å². The molecule has 4 rings (SSSR count). The van der Waals surface area contributed by atoms with Crippen molar-refractivity contribution in [3.8, 4) is 0 Å². The molecule has 4 heterocycles. The number of fused-ring (bicyclic) bond motifs is 2. The zero-order valence-electron chi connectivity index (χ0n) is 8.06. The summed E-state index contributed by atoms with van der Waals surface area (Å²) in [4.78, 5) is 21.9. The van der Waals surface area contributed by atoms with Crippen LogP contribution in [0.1, 0.15) is 12.8 Å². The predicted molar refractivity (Wildman–Crippen MR) is 53.1 cm³/mol. The number of cyclic esters (lactones) is 2. The molecular weight excluding hydrogens is 216 g/mol. The van der Waals surface area contributed by atoms with Gasteiger partial charge in [-0.15, -0.1) is 0 Å². The Balaban J connectivity index is 2.01. The molecule has 4 aliphatic heterocycles. The molecule has 4 aliphatic rings. The third-order valence-electron chi connectivity index (χ3n) is 4.51. The monoisotopic (exact) mass is 227 g/mol. The summed E-state index contributed by atoms with van der Waals surface area (Å²) in [6.07, 6.45) is 1.82. The summed E-state index contributed by atoms with van der Waals surface area (Å²) in [6.45, 7) is 0. The van der Waals surface area contributed by atoms with Crippen molar-refractivity contribution < 1.29 is 19.1 Å². The first kappa shape index (κ1) is 8.58. The lowest BCUT2D eigenvalue weighted by atomic mass is 9.59. The largest absolute Gasteiger partial charge is 0.502 e. The van der Waals surface area contributed by atoms with Crippen LogP contribution in [0.3, 0.4) is 0 Å². The summed E-state index contributed by atoms with van der Waals surface area (Å²) >= 11 is 1.73. The van der Waals surface area contributed by atoms with E-state index in [0.29, 0.717) is 0 Å². The third-order valence-corrected chi connectivity index (χ3v) is 5.83. The van der Waals surface area contributed by atoms with Crippen molar-refractivity contribution in [2.45, 2.75) is 25.0 Å². The quantitative estimate of drug-likeness (QED) is 0.340. The normalized spacial score (nSPS) is 55.7. The average Bonchev–Trinajstić information content (AvgIpc) is 2.89. The fourth-order valence-electron chi connectivity index (χ4n) is 3.79. The molecule has 80 valence electrons. The van der Waals surface area contributed by atoms with Crippen LogP contribution in [0.2, 0.25) is 0 Å². The lowest BCUT2D eigenvalue weighted by Crippen LogP contribution is -2.51. The van der Waals surface area contributed by atoms with Gasteiger partial charge in [0, 0.05) is 11.5 Å². The van der Waals surface area contributed by atoms with Crippen LogP contribution >= 0.6 is 11.8 Å². The van der Waals surface area contributed by atoms with Crippen molar-refractivity contribution in [2.75, 3.05) is 11.5 Å². The van der Waals surface area contributed by atoms with E-state index in [1.54, 1.807) is 11.8 Å². The highest BCUT2D eigenvalue weighted by molar-refractivity contribution is 7.99. The van der Waals surface area contributed by atoms with Gasteiger partial charge in [-0.05, 0) is 12.8 Å². The second kappa shape index (κ2) is 2.25. The summed E-state index contributed by atoms with van der Waals surface area (Å²) in [5, 5.41) is 0. The second-order valence-electron chi connectivity index (χ2n) is 4.82. The van der Waals surface area contributed by atoms with Gasteiger partial charge in [-0.3, -0.25) is 0 Å². The molecule has 0 aromatic carbocycles. The topological polar surface area (TPSA) is 56.9 Å². The van der Waals surface area contributed by atoms with E-state index in [4.69, 9.17) is 9.47 Å². The molecule has 0 aromatic heterocycles. The van der Waals surface area contributed by atoms with E-state index in [9.17, 15) is 9.59 Å². The van der Waals surface area contributed by atoms with Crippen LogP contribution in [0.5, 0.6) is 0 Å². The van der Waals surface area contributed by atoms with Gasteiger partial charge in [-0.1, -0.05) is 0 Å². The maximum Gasteiger partial charge on any atom is 0.502 e. The fourth-order valence-corrected chi connectivity index (χ4v) is 5.66. The molecule has 0 amide bonds. The SMILES string of the molecule is O=C1OC(=[OH+])C23CSCC12C1CCC3O1. The van der Waals surface area contributed by atoms with Gasteiger partial charge in [0.15, 0.2) is 10.8 Å². The van der Waals surface area contributed by atoms with Crippen LogP contribution in [0.15, 0.2) is 0 Å². The van der Waals surface area contributed by atoms with Crippen molar-refractivity contribution in [3.63, 3.8) is 0 Å². The lowest BCUT2D eigenvalue weighted by Gasteiger charge is -2.29. The molecule has 4 fully saturated rings. The van der Waals surface area contributed by atoms with Crippen molar-refractivity contribution in [3.05, 3.63) is 0 Å². The Morgan fingerprint density at radius 3 is 2.67 bits per heavy atom. The maximum atomic E-state index is 12.0. The van der Waals surface area contributed by atoms with E-state index in [-0.39, 0.29) is 24.1 Å². The number of esters is 2. The van der Waals surface area contributed by atoms with Gasteiger partial charge in [-0.25, -0.2) is 9.53 Å². The zero-order valence-corrected chi connectivity index (χ0v) is 8.88. The maximum absolute atomic E-state index is 12.0. The summed E-state index contributed by atoms with van der Waals surface area (Å²) in [7, 11) is 0. The minimum Gasteiger partial charge on any atom is -0.372 e. The Kier molecular flexibility index (Phi) is 1.29. The van der Waals surface area contributed by atoms with Crippen molar-refractivity contribution in [1.82, 2.24) is 0 Å². The van der Waals surface area contributed by atoms with Gasteiger partial charge in [-0.2, -0.15) is 11.8 Å². The highest BCUT2D eigenvalue weighted by Crippen LogP contribution is 2.69. The molecule has 4 atom stereocenters. The molecule has 0 aliphatic carbocycles. The number of thioether (sulfide) groups is 1. The van der Waals surface area contributed by atoms with Crippen molar-refractivity contribution in [1.29, 1.82) is 0 Å². The zero-order chi connectivity index (χ0) is 10.3. The summed E-state index contributed by atoms with van der Waals surface area (Å²) < 4.78 is 10.8. The number of carbonyl (C=O) groups is 1. The molecule has 0 spiro atoms. The molecule has 1 N–H and O–H groups in total. The van der Waals surface area contributed by atoms with E-state index in [0.717, 1.165) is 24.3 Å². The van der Waals surface area contributed by atoms with Crippen LogP contribution in [-0.2, 0) is 14.3 Å². The van der Waals surface area contributed by atoms with Gasteiger partial charge < -0.3 is 9.53 Å². The van der Waals surface area contributed by atoms with Crippen LogP contribution in [-0.4, -0.2) is 40.4 Å². The summed E-state index contributed by atoms with van der Waals surface area (Å²) in [5.74, 6) is 1.14. The Labute approximate surface area is 90.7 Å².